The first-order chi connectivity index (χ1) is 24.1. The van der Waals surface area contributed by atoms with Gasteiger partial charge in [-0.1, -0.05) is 54.2 Å². The number of hydrogen-bond acceptors (Lipinski definition) is 8. The highest BCUT2D eigenvalue weighted by Gasteiger charge is 2.33. The molecule has 0 bridgehead atoms. The van der Waals surface area contributed by atoms with Crippen LogP contribution in [0.25, 0.3) is 10.8 Å². The summed E-state index contributed by atoms with van der Waals surface area (Å²) in [5, 5.41) is 2.31. The number of carbonyl (C=O) groups is 1. The van der Waals surface area contributed by atoms with Crippen molar-refractivity contribution in [2.24, 2.45) is 5.92 Å². The van der Waals surface area contributed by atoms with E-state index < -0.39 is 17.7 Å². The van der Waals surface area contributed by atoms with Gasteiger partial charge in [0.25, 0.3) is 0 Å². The minimum Gasteiger partial charge on any atom is -0.492 e. The first-order valence-corrected chi connectivity index (χ1v) is 18.0. The van der Waals surface area contributed by atoms with Crippen LogP contribution in [0.2, 0.25) is 0 Å². The number of carbonyl (C=O) groups excluding carboxylic acids is 1. The number of alkyl halides is 3. The Hall–Kier alpha value is -3.77. The molecular formula is C39H45F3N4O3S. The summed E-state index contributed by atoms with van der Waals surface area (Å²) in [6.45, 7) is 8.81. The normalized spacial score (nSPS) is 15.9. The third kappa shape index (κ3) is 8.74. The van der Waals surface area contributed by atoms with E-state index in [1.807, 2.05) is 68.4 Å². The molecule has 0 N–H and O–H groups in total. The first-order valence-electron chi connectivity index (χ1n) is 17.2. The molecule has 1 unspecified atom stereocenters. The zero-order chi connectivity index (χ0) is 35.3. The van der Waals surface area contributed by atoms with Crippen LogP contribution >= 0.6 is 11.8 Å². The second-order valence-electron chi connectivity index (χ2n) is 13.3. The summed E-state index contributed by atoms with van der Waals surface area (Å²) in [7, 11) is 4.06. The quantitative estimate of drug-likeness (QED) is 0.131. The Balaban J connectivity index is 0.931. The van der Waals surface area contributed by atoms with Gasteiger partial charge in [-0.25, -0.2) is 0 Å². The fourth-order valence-electron chi connectivity index (χ4n) is 6.57. The van der Waals surface area contributed by atoms with Gasteiger partial charge in [-0.15, -0.1) is 0 Å². The van der Waals surface area contributed by atoms with Crippen LogP contribution in [-0.4, -0.2) is 93.8 Å². The molecule has 50 heavy (non-hydrogen) atoms. The van der Waals surface area contributed by atoms with Gasteiger partial charge in [0, 0.05) is 61.2 Å². The van der Waals surface area contributed by atoms with Crippen LogP contribution in [0.3, 0.4) is 0 Å². The molecule has 2 aliphatic rings. The zero-order valence-electron chi connectivity index (χ0n) is 28.9. The Kier molecular flexibility index (Phi) is 11.6. The monoisotopic (exact) mass is 706 g/mol. The average Bonchev–Trinajstić information content (AvgIpc) is 3.10. The Morgan fingerprint density at radius 3 is 2.32 bits per heavy atom. The molecule has 11 heteroatoms. The van der Waals surface area contributed by atoms with Gasteiger partial charge in [-0.05, 0) is 81.2 Å². The SMILES string of the molecule is CC(COc1ccc2ccccc2c1CN(C)C)C(=O)OCCN1CCN(CCCN2c3ccccc3Sc3ccc(C(F)(F)F)cc32)CC1. The summed E-state index contributed by atoms with van der Waals surface area (Å²) in [5.41, 5.74) is 2.05. The van der Waals surface area contributed by atoms with Gasteiger partial charge in [0.1, 0.15) is 19.0 Å². The predicted molar refractivity (Wildman–Crippen MR) is 193 cm³/mol. The van der Waals surface area contributed by atoms with Crippen molar-refractivity contribution in [3.63, 3.8) is 0 Å². The lowest BCUT2D eigenvalue weighted by atomic mass is 10.0. The third-order valence-corrected chi connectivity index (χ3v) is 10.4. The third-order valence-electron chi connectivity index (χ3n) is 9.29. The van der Waals surface area contributed by atoms with Crippen molar-refractivity contribution in [3.05, 3.63) is 90.0 Å². The standard InChI is InChI=1S/C39H45F3N4O3S/c1-28(27-49-35-15-13-29-9-4-5-10-31(29)32(35)26-43(2)3)38(47)48-24-23-45-21-19-44(20-22-45)17-8-18-46-33-11-6-7-12-36(33)50-37-16-14-30(25-34(37)46)39(40,41)42/h4-7,9-16,25,28H,8,17-24,26-27H2,1-3H3. The Labute approximate surface area is 296 Å². The van der Waals surface area contributed by atoms with Gasteiger partial charge in [-0.3, -0.25) is 9.69 Å². The lowest BCUT2D eigenvalue weighted by Gasteiger charge is -2.36. The minimum atomic E-state index is -4.39. The Morgan fingerprint density at radius 1 is 0.860 bits per heavy atom. The van der Waals surface area contributed by atoms with E-state index in [2.05, 4.69) is 32.9 Å². The van der Waals surface area contributed by atoms with Gasteiger partial charge >= 0.3 is 12.1 Å². The van der Waals surface area contributed by atoms with Crippen LogP contribution in [0.15, 0.2) is 88.7 Å². The van der Waals surface area contributed by atoms with E-state index in [0.29, 0.717) is 25.4 Å². The molecule has 7 nitrogen and oxygen atoms in total. The lowest BCUT2D eigenvalue weighted by Crippen LogP contribution is -2.47. The van der Waals surface area contributed by atoms with Crippen LogP contribution in [-0.2, 0) is 22.3 Å². The maximum absolute atomic E-state index is 13.6. The molecule has 0 aromatic heterocycles. The van der Waals surface area contributed by atoms with E-state index in [4.69, 9.17) is 9.47 Å². The van der Waals surface area contributed by atoms with E-state index in [9.17, 15) is 18.0 Å². The van der Waals surface area contributed by atoms with Crippen LogP contribution < -0.4 is 9.64 Å². The van der Waals surface area contributed by atoms with E-state index in [-0.39, 0.29) is 12.6 Å². The molecule has 4 aromatic carbocycles. The van der Waals surface area contributed by atoms with Crippen molar-refractivity contribution in [1.29, 1.82) is 0 Å². The molecule has 0 saturated carbocycles. The number of halogens is 3. The van der Waals surface area contributed by atoms with E-state index in [1.165, 1.54) is 23.9 Å². The largest absolute Gasteiger partial charge is 0.492 e. The Bertz CT molecular complexity index is 1780. The predicted octanol–water partition coefficient (Wildman–Crippen LogP) is 7.79. The Morgan fingerprint density at radius 2 is 1.56 bits per heavy atom. The summed E-state index contributed by atoms with van der Waals surface area (Å²) in [5.74, 6) is 0.123. The minimum absolute atomic E-state index is 0.243. The van der Waals surface area contributed by atoms with Crippen molar-refractivity contribution < 1.29 is 27.4 Å². The van der Waals surface area contributed by atoms with Crippen molar-refractivity contribution in [3.8, 4) is 5.75 Å². The second-order valence-corrected chi connectivity index (χ2v) is 14.4. The molecule has 2 heterocycles. The van der Waals surface area contributed by atoms with Crippen molar-refractivity contribution in [2.75, 3.05) is 78.0 Å². The van der Waals surface area contributed by atoms with Crippen molar-refractivity contribution in [2.45, 2.75) is 35.9 Å². The van der Waals surface area contributed by atoms with Gasteiger partial charge in [0.2, 0.25) is 0 Å². The summed E-state index contributed by atoms with van der Waals surface area (Å²) < 4.78 is 52.5. The van der Waals surface area contributed by atoms with Crippen LogP contribution in [0.4, 0.5) is 24.5 Å². The molecular weight excluding hydrogens is 662 g/mol. The molecule has 1 atom stereocenters. The summed E-state index contributed by atoms with van der Waals surface area (Å²) in [4.78, 5) is 23.6. The molecule has 0 amide bonds. The molecule has 6 rings (SSSR count). The van der Waals surface area contributed by atoms with Gasteiger partial charge in [0.05, 0.1) is 22.9 Å². The molecule has 0 radical (unpaired) electrons. The second kappa shape index (κ2) is 16.1. The topological polar surface area (TPSA) is 48.5 Å². The number of anilines is 2. The number of benzene rings is 4. The van der Waals surface area contributed by atoms with E-state index >= 15 is 0 Å². The zero-order valence-corrected chi connectivity index (χ0v) is 29.7. The van der Waals surface area contributed by atoms with Crippen LogP contribution in [0.1, 0.15) is 24.5 Å². The van der Waals surface area contributed by atoms with Crippen LogP contribution in [0, 0.1) is 5.92 Å². The number of fused-ring (bicyclic) bond motifs is 3. The van der Waals surface area contributed by atoms with Crippen molar-refractivity contribution >= 4 is 39.9 Å². The average molecular weight is 707 g/mol. The molecule has 266 valence electrons. The summed E-state index contributed by atoms with van der Waals surface area (Å²) in [6.07, 6.45) is -3.57. The molecule has 0 spiro atoms. The molecule has 4 aromatic rings. The van der Waals surface area contributed by atoms with Gasteiger partial charge in [-0.2, -0.15) is 13.2 Å². The number of ether oxygens (including phenoxy) is 2. The van der Waals surface area contributed by atoms with Gasteiger partial charge < -0.3 is 24.2 Å². The number of hydrogen-bond donors (Lipinski definition) is 0. The van der Waals surface area contributed by atoms with Gasteiger partial charge in [0.15, 0.2) is 0 Å². The number of nitrogens with zero attached hydrogens (tertiary/aromatic N) is 4. The number of para-hydroxylation sites is 1. The number of rotatable bonds is 13. The smallest absolute Gasteiger partial charge is 0.416 e. The maximum atomic E-state index is 13.6. The van der Waals surface area contributed by atoms with E-state index in [1.54, 1.807) is 6.07 Å². The molecule has 1 fully saturated rings. The highest BCUT2D eigenvalue weighted by molar-refractivity contribution is 7.99. The first kappa shape index (κ1) is 36.0. The summed E-state index contributed by atoms with van der Waals surface area (Å²) in [6, 6.07) is 24.2. The molecule has 1 saturated heterocycles. The summed E-state index contributed by atoms with van der Waals surface area (Å²) >= 11 is 1.52. The number of esters is 1. The van der Waals surface area contributed by atoms with E-state index in [0.717, 1.165) is 83.3 Å². The maximum Gasteiger partial charge on any atom is 0.416 e. The van der Waals surface area contributed by atoms with Crippen LogP contribution in [0.5, 0.6) is 5.75 Å². The highest BCUT2D eigenvalue weighted by atomic mass is 32.2. The fourth-order valence-corrected chi connectivity index (χ4v) is 7.64. The fraction of sp³-hybridized carbons (Fsp3) is 0.410. The van der Waals surface area contributed by atoms with Crippen molar-refractivity contribution in [1.82, 2.24) is 14.7 Å². The lowest BCUT2D eigenvalue weighted by molar-refractivity contribution is -0.149. The highest BCUT2D eigenvalue weighted by Crippen LogP contribution is 2.49. The molecule has 0 aliphatic carbocycles. The molecule has 2 aliphatic heterocycles. The number of piperazine rings is 1.